The van der Waals surface area contributed by atoms with E-state index in [9.17, 15) is 8.42 Å². The van der Waals surface area contributed by atoms with Gasteiger partial charge in [0.25, 0.3) is 10.2 Å². The Balaban J connectivity index is 2.06. The molecule has 6 heteroatoms. The molecule has 0 radical (unpaired) electrons. The summed E-state index contributed by atoms with van der Waals surface area (Å²) in [5, 5.41) is 0. The van der Waals surface area contributed by atoms with Gasteiger partial charge in [-0.2, -0.15) is 17.0 Å². The SMILES string of the molecule is CN1CCCN(C[C@@H]2CO2)S1(=O)=O. The molecule has 2 saturated heterocycles. The lowest BCUT2D eigenvalue weighted by Gasteiger charge is -2.31. The highest BCUT2D eigenvalue weighted by Crippen LogP contribution is 2.18. The number of nitrogens with zero attached hydrogens (tertiary/aromatic N) is 2. The fraction of sp³-hybridized carbons (Fsp3) is 1.00. The maximum atomic E-state index is 11.7. The smallest absolute Gasteiger partial charge is 0.281 e. The third kappa shape index (κ3) is 1.85. The van der Waals surface area contributed by atoms with Gasteiger partial charge < -0.3 is 4.74 Å². The standard InChI is InChI=1S/C7H14N2O3S/c1-8-3-2-4-9(13(8,10)11)5-7-6-12-7/h7H,2-6H2,1H3/t7-/m1/s1. The van der Waals surface area contributed by atoms with Crippen molar-refractivity contribution in [2.75, 3.05) is 33.3 Å². The van der Waals surface area contributed by atoms with Crippen molar-refractivity contribution in [3.63, 3.8) is 0 Å². The second-order valence-corrected chi connectivity index (χ2v) is 5.53. The Morgan fingerprint density at radius 1 is 1.46 bits per heavy atom. The normalized spacial score (nSPS) is 34.7. The molecule has 0 bridgehead atoms. The Hall–Kier alpha value is -0.170. The van der Waals surface area contributed by atoms with Crippen LogP contribution in [-0.2, 0) is 14.9 Å². The molecular weight excluding hydrogens is 192 g/mol. The first-order valence-electron chi connectivity index (χ1n) is 4.44. The molecule has 2 aliphatic heterocycles. The first-order valence-corrected chi connectivity index (χ1v) is 5.83. The minimum Gasteiger partial charge on any atom is -0.372 e. The van der Waals surface area contributed by atoms with E-state index in [1.54, 1.807) is 7.05 Å². The van der Waals surface area contributed by atoms with E-state index in [0.29, 0.717) is 26.2 Å². The fourth-order valence-electron chi connectivity index (χ4n) is 1.48. The lowest BCUT2D eigenvalue weighted by Crippen LogP contribution is -2.48. The van der Waals surface area contributed by atoms with Crippen LogP contribution in [0.1, 0.15) is 6.42 Å². The molecule has 0 spiro atoms. The van der Waals surface area contributed by atoms with Crippen LogP contribution >= 0.6 is 0 Å². The summed E-state index contributed by atoms with van der Waals surface area (Å²) in [6.07, 6.45) is 1.05. The number of ether oxygens (including phenoxy) is 1. The predicted octanol–water partition coefficient (Wildman–Crippen LogP) is -0.732. The number of epoxide rings is 1. The van der Waals surface area contributed by atoms with Crippen LogP contribution in [0.2, 0.25) is 0 Å². The first-order chi connectivity index (χ1) is 6.10. The van der Waals surface area contributed by atoms with Crippen molar-refractivity contribution in [1.29, 1.82) is 0 Å². The van der Waals surface area contributed by atoms with Crippen molar-refractivity contribution in [2.45, 2.75) is 12.5 Å². The zero-order chi connectivity index (χ0) is 9.47. The molecule has 0 unspecified atom stereocenters. The minimum atomic E-state index is -3.17. The molecule has 2 heterocycles. The fourth-order valence-corrected chi connectivity index (χ4v) is 2.95. The summed E-state index contributed by atoms with van der Waals surface area (Å²) >= 11 is 0. The van der Waals surface area contributed by atoms with Gasteiger partial charge >= 0.3 is 0 Å². The molecule has 0 N–H and O–H groups in total. The second kappa shape index (κ2) is 3.20. The highest BCUT2D eigenvalue weighted by molar-refractivity contribution is 7.86. The van der Waals surface area contributed by atoms with Gasteiger partial charge in [-0.15, -0.1) is 0 Å². The molecule has 1 atom stereocenters. The maximum Gasteiger partial charge on any atom is 0.281 e. The van der Waals surface area contributed by atoms with Crippen LogP contribution in [0, 0.1) is 0 Å². The molecule has 5 nitrogen and oxygen atoms in total. The second-order valence-electron chi connectivity index (χ2n) is 3.50. The van der Waals surface area contributed by atoms with Crippen molar-refractivity contribution < 1.29 is 13.2 Å². The van der Waals surface area contributed by atoms with E-state index in [1.807, 2.05) is 0 Å². The van der Waals surface area contributed by atoms with Gasteiger partial charge in [0.15, 0.2) is 0 Å². The Morgan fingerprint density at radius 2 is 2.15 bits per heavy atom. The van der Waals surface area contributed by atoms with Gasteiger partial charge in [-0.1, -0.05) is 0 Å². The van der Waals surface area contributed by atoms with Crippen molar-refractivity contribution in [1.82, 2.24) is 8.61 Å². The van der Waals surface area contributed by atoms with Crippen LogP contribution in [0.5, 0.6) is 0 Å². The van der Waals surface area contributed by atoms with Crippen molar-refractivity contribution in [2.24, 2.45) is 0 Å². The molecular formula is C7H14N2O3S. The van der Waals surface area contributed by atoms with Crippen LogP contribution in [-0.4, -0.2) is 56.4 Å². The third-order valence-corrected chi connectivity index (χ3v) is 4.36. The summed E-state index contributed by atoms with van der Waals surface area (Å²) in [5.74, 6) is 0. The maximum absolute atomic E-state index is 11.7. The average Bonchev–Trinajstić information content (AvgIpc) is 2.83. The molecule has 2 aliphatic rings. The third-order valence-electron chi connectivity index (χ3n) is 2.41. The number of hydrogen-bond acceptors (Lipinski definition) is 3. The molecule has 2 fully saturated rings. The zero-order valence-corrected chi connectivity index (χ0v) is 8.46. The monoisotopic (exact) mass is 206 g/mol. The summed E-state index contributed by atoms with van der Waals surface area (Å²) in [6.45, 7) is 2.49. The lowest BCUT2D eigenvalue weighted by atomic mass is 10.4. The summed E-state index contributed by atoms with van der Waals surface area (Å²) in [5.41, 5.74) is 0. The van der Waals surface area contributed by atoms with Gasteiger partial charge in [-0.3, -0.25) is 0 Å². The van der Waals surface area contributed by atoms with Gasteiger partial charge in [0.05, 0.1) is 12.7 Å². The minimum absolute atomic E-state index is 0.140. The van der Waals surface area contributed by atoms with E-state index in [2.05, 4.69) is 0 Å². The number of rotatable bonds is 2. The van der Waals surface area contributed by atoms with E-state index >= 15 is 0 Å². The zero-order valence-electron chi connectivity index (χ0n) is 7.64. The Kier molecular flexibility index (Phi) is 2.31. The van der Waals surface area contributed by atoms with Crippen molar-refractivity contribution in [3.8, 4) is 0 Å². The quantitative estimate of drug-likeness (QED) is 0.560. The van der Waals surface area contributed by atoms with Gasteiger partial charge in [0.2, 0.25) is 0 Å². The summed E-state index contributed by atoms with van der Waals surface area (Å²) in [6, 6.07) is 0. The van der Waals surface area contributed by atoms with Crippen molar-refractivity contribution >= 4 is 10.2 Å². The van der Waals surface area contributed by atoms with E-state index in [4.69, 9.17) is 4.74 Å². The van der Waals surface area contributed by atoms with Gasteiger partial charge in [-0.25, -0.2) is 0 Å². The van der Waals surface area contributed by atoms with E-state index in [1.165, 1.54) is 8.61 Å². The molecule has 0 amide bonds. The highest BCUT2D eigenvalue weighted by atomic mass is 32.2. The Labute approximate surface area is 78.4 Å². The molecule has 13 heavy (non-hydrogen) atoms. The van der Waals surface area contributed by atoms with Crippen LogP contribution in [0.15, 0.2) is 0 Å². The largest absolute Gasteiger partial charge is 0.372 e. The predicted molar refractivity (Wildman–Crippen MR) is 47.5 cm³/mol. The van der Waals surface area contributed by atoms with Crippen LogP contribution in [0.3, 0.4) is 0 Å². The van der Waals surface area contributed by atoms with Crippen molar-refractivity contribution in [3.05, 3.63) is 0 Å². The topological polar surface area (TPSA) is 53.1 Å². The molecule has 0 aromatic rings. The number of hydrogen-bond donors (Lipinski definition) is 0. The van der Waals surface area contributed by atoms with Crippen LogP contribution in [0.4, 0.5) is 0 Å². The lowest BCUT2D eigenvalue weighted by molar-refractivity contribution is 0.281. The van der Waals surface area contributed by atoms with Gasteiger partial charge in [0, 0.05) is 26.7 Å². The molecule has 0 aromatic heterocycles. The Morgan fingerprint density at radius 3 is 2.77 bits per heavy atom. The van der Waals surface area contributed by atoms with E-state index < -0.39 is 10.2 Å². The highest BCUT2D eigenvalue weighted by Gasteiger charge is 2.35. The molecule has 76 valence electrons. The molecule has 2 rings (SSSR count). The van der Waals surface area contributed by atoms with E-state index in [0.717, 1.165) is 6.42 Å². The molecule has 0 aromatic carbocycles. The Bertz CT molecular complexity index is 286. The first kappa shape index (κ1) is 9.39. The van der Waals surface area contributed by atoms with Crippen LogP contribution < -0.4 is 0 Å². The summed E-state index contributed by atoms with van der Waals surface area (Å²) < 4.78 is 31.3. The summed E-state index contributed by atoms with van der Waals surface area (Å²) in [4.78, 5) is 0. The molecule has 0 saturated carbocycles. The van der Waals surface area contributed by atoms with Gasteiger partial charge in [-0.05, 0) is 6.42 Å². The van der Waals surface area contributed by atoms with Gasteiger partial charge in [0.1, 0.15) is 0 Å². The molecule has 0 aliphatic carbocycles. The van der Waals surface area contributed by atoms with Crippen LogP contribution in [0.25, 0.3) is 0 Å². The summed E-state index contributed by atoms with van der Waals surface area (Å²) in [7, 11) is -1.55. The average molecular weight is 206 g/mol. The van der Waals surface area contributed by atoms with E-state index in [-0.39, 0.29) is 6.10 Å².